The SMILES string of the molecule is CNC(Cc1ccco1)C1Cc2ccccc21. The molecule has 2 aromatic rings. The molecule has 1 aliphatic carbocycles. The van der Waals surface area contributed by atoms with E-state index in [9.17, 15) is 0 Å². The number of rotatable bonds is 4. The zero-order chi connectivity index (χ0) is 11.7. The first-order valence-corrected chi connectivity index (χ1v) is 6.16. The van der Waals surface area contributed by atoms with Crippen LogP contribution in [-0.4, -0.2) is 13.1 Å². The Bertz CT molecular complexity index is 489. The van der Waals surface area contributed by atoms with E-state index < -0.39 is 0 Å². The van der Waals surface area contributed by atoms with E-state index in [-0.39, 0.29) is 0 Å². The standard InChI is InChI=1S/C15H17NO/c1-16-15(10-12-6-4-8-17-12)14-9-11-5-2-3-7-13(11)14/h2-8,14-16H,9-10H2,1H3. The molecular formula is C15H17NO. The van der Waals surface area contributed by atoms with Crippen molar-refractivity contribution < 1.29 is 4.42 Å². The molecule has 3 rings (SSSR count). The third-order valence-electron chi connectivity index (χ3n) is 3.75. The molecule has 2 heteroatoms. The van der Waals surface area contributed by atoms with Crippen LogP contribution in [0.15, 0.2) is 47.1 Å². The Hall–Kier alpha value is -1.54. The molecule has 0 radical (unpaired) electrons. The highest BCUT2D eigenvalue weighted by molar-refractivity contribution is 5.41. The summed E-state index contributed by atoms with van der Waals surface area (Å²) in [7, 11) is 2.04. The molecule has 0 bridgehead atoms. The summed E-state index contributed by atoms with van der Waals surface area (Å²) in [6, 6.07) is 13.2. The fourth-order valence-corrected chi connectivity index (χ4v) is 2.75. The lowest BCUT2D eigenvalue weighted by atomic mass is 9.72. The maximum atomic E-state index is 5.43. The van der Waals surface area contributed by atoms with Crippen molar-refractivity contribution in [1.29, 1.82) is 0 Å². The molecule has 2 nitrogen and oxygen atoms in total. The molecule has 1 heterocycles. The molecule has 0 saturated carbocycles. The van der Waals surface area contributed by atoms with Gasteiger partial charge in [-0.05, 0) is 36.7 Å². The maximum absolute atomic E-state index is 5.43. The summed E-state index contributed by atoms with van der Waals surface area (Å²) in [5.74, 6) is 1.69. The molecule has 0 aliphatic heterocycles. The summed E-state index contributed by atoms with van der Waals surface area (Å²) < 4.78 is 5.43. The normalized spacial score (nSPS) is 19.5. The third-order valence-corrected chi connectivity index (χ3v) is 3.75. The molecule has 17 heavy (non-hydrogen) atoms. The van der Waals surface area contributed by atoms with Crippen molar-refractivity contribution in [3.8, 4) is 0 Å². The Morgan fingerprint density at radius 3 is 2.88 bits per heavy atom. The average molecular weight is 227 g/mol. The molecule has 1 N–H and O–H groups in total. The van der Waals surface area contributed by atoms with E-state index in [2.05, 4.69) is 35.6 Å². The molecule has 1 aliphatic rings. The van der Waals surface area contributed by atoms with E-state index in [0.717, 1.165) is 12.2 Å². The highest BCUT2D eigenvalue weighted by atomic mass is 16.3. The van der Waals surface area contributed by atoms with Crippen molar-refractivity contribution in [1.82, 2.24) is 5.32 Å². The van der Waals surface area contributed by atoms with Crippen LogP contribution in [0.4, 0.5) is 0 Å². The van der Waals surface area contributed by atoms with Gasteiger partial charge in [0.1, 0.15) is 5.76 Å². The van der Waals surface area contributed by atoms with Gasteiger partial charge >= 0.3 is 0 Å². The van der Waals surface area contributed by atoms with Crippen LogP contribution >= 0.6 is 0 Å². The number of likely N-dealkylation sites (N-methyl/N-ethyl adjacent to an activating group) is 1. The molecular weight excluding hydrogens is 210 g/mol. The summed E-state index contributed by atoms with van der Waals surface area (Å²) in [6.45, 7) is 0. The number of nitrogens with one attached hydrogen (secondary N) is 1. The van der Waals surface area contributed by atoms with E-state index >= 15 is 0 Å². The van der Waals surface area contributed by atoms with E-state index in [1.165, 1.54) is 17.5 Å². The average Bonchev–Trinajstić information content (AvgIpc) is 2.82. The fourth-order valence-electron chi connectivity index (χ4n) is 2.75. The summed E-state index contributed by atoms with van der Waals surface area (Å²) in [5.41, 5.74) is 3.00. The topological polar surface area (TPSA) is 25.2 Å². The number of fused-ring (bicyclic) bond motifs is 1. The quantitative estimate of drug-likeness (QED) is 0.868. The van der Waals surface area contributed by atoms with Gasteiger partial charge in [0.05, 0.1) is 6.26 Å². The van der Waals surface area contributed by atoms with Gasteiger partial charge in [0, 0.05) is 18.4 Å². The Morgan fingerprint density at radius 1 is 1.29 bits per heavy atom. The van der Waals surface area contributed by atoms with Crippen LogP contribution in [0.3, 0.4) is 0 Å². The lowest BCUT2D eigenvalue weighted by Gasteiger charge is -2.36. The van der Waals surface area contributed by atoms with Crippen LogP contribution in [0.5, 0.6) is 0 Å². The van der Waals surface area contributed by atoms with E-state index in [1.54, 1.807) is 6.26 Å². The summed E-state index contributed by atoms with van der Waals surface area (Å²) >= 11 is 0. The van der Waals surface area contributed by atoms with Gasteiger partial charge in [0.2, 0.25) is 0 Å². The molecule has 1 aromatic carbocycles. The molecule has 2 unspecified atom stereocenters. The summed E-state index contributed by atoms with van der Waals surface area (Å²) in [5, 5.41) is 3.42. The second-order valence-corrected chi connectivity index (χ2v) is 4.69. The van der Waals surface area contributed by atoms with E-state index in [0.29, 0.717) is 12.0 Å². The van der Waals surface area contributed by atoms with Crippen LogP contribution in [-0.2, 0) is 12.8 Å². The predicted molar refractivity (Wildman–Crippen MR) is 68.1 cm³/mol. The minimum Gasteiger partial charge on any atom is -0.469 e. The van der Waals surface area contributed by atoms with E-state index in [1.807, 2.05) is 13.1 Å². The van der Waals surface area contributed by atoms with Crippen molar-refractivity contribution in [3.63, 3.8) is 0 Å². The Morgan fingerprint density at radius 2 is 2.18 bits per heavy atom. The third kappa shape index (κ3) is 1.89. The first-order valence-electron chi connectivity index (χ1n) is 6.16. The van der Waals surface area contributed by atoms with Crippen LogP contribution < -0.4 is 5.32 Å². The molecule has 0 amide bonds. The van der Waals surface area contributed by atoms with Crippen molar-refractivity contribution in [3.05, 3.63) is 59.5 Å². The molecule has 2 atom stereocenters. The lowest BCUT2D eigenvalue weighted by Crippen LogP contribution is -2.39. The number of hydrogen-bond acceptors (Lipinski definition) is 2. The highest BCUT2D eigenvalue weighted by Crippen LogP contribution is 2.38. The highest BCUT2D eigenvalue weighted by Gasteiger charge is 2.32. The lowest BCUT2D eigenvalue weighted by molar-refractivity contribution is 0.388. The van der Waals surface area contributed by atoms with Crippen molar-refractivity contribution in [2.24, 2.45) is 0 Å². The number of benzene rings is 1. The predicted octanol–water partition coefficient (Wildman–Crippen LogP) is 2.75. The number of hydrogen-bond donors (Lipinski definition) is 1. The van der Waals surface area contributed by atoms with Crippen LogP contribution in [0.2, 0.25) is 0 Å². The molecule has 0 spiro atoms. The van der Waals surface area contributed by atoms with Crippen LogP contribution in [0.25, 0.3) is 0 Å². The molecule has 0 fully saturated rings. The smallest absolute Gasteiger partial charge is 0.105 e. The van der Waals surface area contributed by atoms with Gasteiger partial charge in [-0.25, -0.2) is 0 Å². The Kier molecular flexibility index (Phi) is 2.73. The van der Waals surface area contributed by atoms with Gasteiger partial charge in [0.15, 0.2) is 0 Å². The molecule has 0 saturated heterocycles. The maximum Gasteiger partial charge on any atom is 0.105 e. The van der Waals surface area contributed by atoms with Crippen LogP contribution in [0.1, 0.15) is 22.8 Å². The monoisotopic (exact) mass is 227 g/mol. The van der Waals surface area contributed by atoms with Gasteiger partial charge in [0.25, 0.3) is 0 Å². The zero-order valence-corrected chi connectivity index (χ0v) is 10.0. The Balaban J connectivity index is 1.76. The minimum atomic E-state index is 0.469. The van der Waals surface area contributed by atoms with Crippen molar-refractivity contribution >= 4 is 0 Å². The van der Waals surface area contributed by atoms with E-state index in [4.69, 9.17) is 4.42 Å². The first-order chi connectivity index (χ1) is 8.38. The second-order valence-electron chi connectivity index (χ2n) is 4.69. The summed E-state index contributed by atoms with van der Waals surface area (Å²) in [4.78, 5) is 0. The minimum absolute atomic E-state index is 0.469. The molecule has 1 aromatic heterocycles. The molecule has 88 valence electrons. The Labute approximate surface area is 102 Å². The van der Waals surface area contributed by atoms with Gasteiger partial charge in [-0.3, -0.25) is 0 Å². The van der Waals surface area contributed by atoms with Crippen molar-refractivity contribution in [2.75, 3.05) is 7.05 Å². The van der Waals surface area contributed by atoms with Crippen LogP contribution in [0, 0.1) is 0 Å². The fraction of sp³-hybridized carbons (Fsp3) is 0.333. The summed E-state index contributed by atoms with van der Waals surface area (Å²) in [6.07, 6.45) is 3.89. The second kappa shape index (κ2) is 4.38. The first kappa shape index (κ1) is 10.6. The van der Waals surface area contributed by atoms with Crippen molar-refractivity contribution in [2.45, 2.75) is 24.8 Å². The van der Waals surface area contributed by atoms with Gasteiger partial charge in [-0.2, -0.15) is 0 Å². The van der Waals surface area contributed by atoms with Gasteiger partial charge in [-0.15, -0.1) is 0 Å². The zero-order valence-electron chi connectivity index (χ0n) is 10.0. The largest absolute Gasteiger partial charge is 0.469 e. The van der Waals surface area contributed by atoms with Gasteiger partial charge in [-0.1, -0.05) is 24.3 Å². The van der Waals surface area contributed by atoms with Gasteiger partial charge < -0.3 is 9.73 Å². The number of furan rings is 1.